The fourth-order valence-corrected chi connectivity index (χ4v) is 2.39. The molecule has 5 nitrogen and oxygen atoms in total. The molecule has 0 aliphatic carbocycles. The summed E-state index contributed by atoms with van der Waals surface area (Å²) in [5, 5.41) is 6.32. The summed E-state index contributed by atoms with van der Waals surface area (Å²) in [5.74, 6) is 0.697. The number of hydrogen-bond donors (Lipinski definition) is 2. The van der Waals surface area contributed by atoms with Gasteiger partial charge in [-0.15, -0.1) is 12.4 Å². The molecular weight excluding hydrogens is 266 g/mol. The van der Waals surface area contributed by atoms with E-state index in [1.54, 1.807) is 13.8 Å². The SMILES string of the molecule is Cc1nc(C)c(C(=O)NCC2(C)CCCNC2)o1.Cl. The molecule has 1 amide bonds. The first-order valence-corrected chi connectivity index (χ1v) is 6.43. The fourth-order valence-electron chi connectivity index (χ4n) is 2.39. The molecule has 1 aromatic heterocycles. The zero-order valence-electron chi connectivity index (χ0n) is 11.7. The van der Waals surface area contributed by atoms with Crippen LogP contribution in [0.2, 0.25) is 0 Å². The molecule has 0 aromatic carbocycles. The van der Waals surface area contributed by atoms with Crippen LogP contribution in [0, 0.1) is 19.3 Å². The number of carbonyl (C=O) groups excluding carboxylic acids is 1. The van der Waals surface area contributed by atoms with Crippen LogP contribution in [0.3, 0.4) is 0 Å². The molecule has 1 atom stereocenters. The van der Waals surface area contributed by atoms with Gasteiger partial charge >= 0.3 is 0 Å². The Balaban J connectivity index is 0.00000180. The summed E-state index contributed by atoms with van der Waals surface area (Å²) >= 11 is 0. The maximum absolute atomic E-state index is 12.0. The van der Waals surface area contributed by atoms with E-state index in [0.29, 0.717) is 23.9 Å². The van der Waals surface area contributed by atoms with E-state index >= 15 is 0 Å². The highest BCUT2D eigenvalue weighted by Gasteiger charge is 2.28. The molecule has 1 saturated heterocycles. The first-order chi connectivity index (χ1) is 8.50. The predicted octanol–water partition coefficient (Wildman–Crippen LogP) is 1.83. The van der Waals surface area contributed by atoms with Gasteiger partial charge in [0.25, 0.3) is 5.91 Å². The second-order valence-corrected chi connectivity index (χ2v) is 5.42. The van der Waals surface area contributed by atoms with Crippen LogP contribution in [0.15, 0.2) is 4.42 Å². The first kappa shape index (κ1) is 16.0. The van der Waals surface area contributed by atoms with Crippen molar-refractivity contribution in [3.63, 3.8) is 0 Å². The van der Waals surface area contributed by atoms with E-state index in [4.69, 9.17) is 4.42 Å². The van der Waals surface area contributed by atoms with Crippen LogP contribution in [0.4, 0.5) is 0 Å². The largest absolute Gasteiger partial charge is 0.436 e. The second kappa shape index (κ2) is 6.39. The highest BCUT2D eigenvalue weighted by molar-refractivity contribution is 5.92. The Morgan fingerprint density at radius 3 is 2.79 bits per heavy atom. The van der Waals surface area contributed by atoms with Gasteiger partial charge in [-0.2, -0.15) is 0 Å². The van der Waals surface area contributed by atoms with Gasteiger partial charge < -0.3 is 15.1 Å². The molecule has 1 fully saturated rings. The normalized spacial score (nSPS) is 22.7. The molecule has 108 valence electrons. The standard InChI is InChI=1S/C13H21N3O2.ClH/c1-9-11(18-10(2)16-9)12(17)15-8-13(3)5-4-6-14-7-13;/h14H,4-8H2,1-3H3,(H,15,17);1H. The molecule has 2 N–H and O–H groups in total. The van der Waals surface area contributed by atoms with Crippen molar-refractivity contribution in [3.8, 4) is 0 Å². The topological polar surface area (TPSA) is 67.2 Å². The lowest BCUT2D eigenvalue weighted by Gasteiger charge is -2.34. The summed E-state index contributed by atoms with van der Waals surface area (Å²) in [5.41, 5.74) is 0.786. The number of aromatic nitrogens is 1. The van der Waals surface area contributed by atoms with Crippen LogP contribution in [0.5, 0.6) is 0 Å². The van der Waals surface area contributed by atoms with E-state index in [1.807, 2.05) is 0 Å². The van der Waals surface area contributed by atoms with Crippen LogP contribution in [-0.2, 0) is 0 Å². The van der Waals surface area contributed by atoms with Crippen molar-refractivity contribution in [1.29, 1.82) is 0 Å². The van der Waals surface area contributed by atoms with Gasteiger partial charge in [0.15, 0.2) is 5.89 Å². The first-order valence-electron chi connectivity index (χ1n) is 6.43. The zero-order valence-corrected chi connectivity index (χ0v) is 12.5. The number of nitrogens with one attached hydrogen (secondary N) is 2. The molecule has 0 spiro atoms. The minimum atomic E-state index is -0.167. The van der Waals surface area contributed by atoms with Crippen molar-refractivity contribution in [1.82, 2.24) is 15.6 Å². The number of piperidine rings is 1. The van der Waals surface area contributed by atoms with Gasteiger partial charge in [0.2, 0.25) is 5.76 Å². The summed E-state index contributed by atoms with van der Waals surface area (Å²) in [6.45, 7) is 8.41. The van der Waals surface area contributed by atoms with Gasteiger partial charge in [0.1, 0.15) is 0 Å². The summed E-state index contributed by atoms with van der Waals surface area (Å²) in [7, 11) is 0. The van der Waals surface area contributed by atoms with Crippen molar-refractivity contribution in [2.45, 2.75) is 33.6 Å². The number of aryl methyl sites for hydroxylation is 2. The quantitative estimate of drug-likeness (QED) is 0.890. The maximum atomic E-state index is 12.0. The van der Waals surface area contributed by atoms with Crippen molar-refractivity contribution in [2.24, 2.45) is 5.41 Å². The van der Waals surface area contributed by atoms with Gasteiger partial charge in [0, 0.05) is 20.0 Å². The summed E-state index contributed by atoms with van der Waals surface area (Å²) in [6, 6.07) is 0. The van der Waals surface area contributed by atoms with Gasteiger partial charge in [-0.1, -0.05) is 6.92 Å². The number of carbonyl (C=O) groups is 1. The van der Waals surface area contributed by atoms with Crippen molar-refractivity contribution >= 4 is 18.3 Å². The Hall–Kier alpha value is -1.07. The Morgan fingerprint density at radius 2 is 2.26 bits per heavy atom. The number of hydrogen-bond acceptors (Lipinski definition) is 4. The molecule has 1 aromatic rings. The Bertz CT molecular complexity index is 439. The highest BCUT2D eigenvalue weighted by Crippen LogP contribution is 2.24. The average molecular weight is 288 g/mol. The van der Waals surface area contributed by atoms with E-state index < -0.39 is 0 Å². The molecule has 19 heavy (non-hydrogen) atoms. The fraction of sp³-hybridized carbons (Fsp3) is 0.692. The number of nitrogens with zero attached hydrogens (tertiary/aromatic N) is 1. The van der Waals surface area contributed by atoms with Crippen LogP contribution in [0.25, 0.3) is 0 Å². The number of rotatable bonds is 3. The highest BCUT2D eigenvalue weighted by atomic mass is 35.5. The lowest BCUT2D eigenvalue weighted by atomic mass is 9.83. The van der Waals surface area contributed by atoms with Gasteiger partial charge in [-0.25, -0.2) is 4.98 Å². The second-order valence-electron chi connectivity index (χ2n) is 5.42. The molecule has 0 radical (unpaired) electrons. The van der Waals surface area contributed by atoms with E-state index in [1.165, 1.54) is 0 Å². The summed E-state index contributed by atoms with van der Waals surface area (Å²) in [6.07, 6.45) is 2.29. The van der Waals surface area contributed by atoms with E-state index in [0.717, 1.165) is 25.9 Å². The molecular formula is C13H22ClN3O2. The Kier molecular flexibility index (Phi) is 5.38. The zero-order chi connectivity index (χ0) is 13.2. The molecule has 1 aliphatic rings. The maximum Gasteiger partial charge on any atom is 0.289 e. The third-order valence-corrected chi connectivity index (χ3v) is 3.47. The van der Waals surface area contributed by atoms with Gasteiger partial charge in [-0.3, -0.25) is 4.79 Å². The minimum Gasteiger partial charge on any atom is -0.436 e. The van der Waals surface area contributed by atoms with Crippen molar-refractivity contribution < 1.29 is 9.21 Å². The third kappa shape index (κ3) is 3.94. The molecule has 2 rings (SSSR count). The van der Waals surface area contributed by atoms with Crippen LogP contribution in [-0.4, -0.2) is 30.5 Å². The lowest BCUT2D eigenvalue weighted by Crippen LogP contribution is -2.45. The van der Waals surface area contributed by atoms with E-state index in [-0.39, 0.29) is 23.7 Å². The Morgan fingerprint density at radius 1 is 1.53 bits per heavy atom. The summed E-state index contributed by atoms with van der Waals surface area (Å²) in [4.78, 5) is 16.1. The minimum absolute atomic E-state index is 0. The van der Waals surface area contributed by atoms with Gasteiger partial charge in [-0.05, 0) is 31.7 Å². The Labute approximate surface area is 120 Å². The van der Waals surface area contributed by atoms with Crippen LogP contribution in [0.1, 0.15) is 41.9 Å². The molecule has 1 aliphatic heterocycles. The molecule has 2 heterocycles. The molecule has 6 heteroatoms. The average Bonchev–Trinajstić information content (AvgIpc) is 2.67. The van der Waals surface area contributed by atoms with E-state index in [9.17, 15) is 4.79 Å². The van der Waals surface area contributed by atoms with Crippen LogP contribution >= 0.6 is 12.4 Å². The number of amides is 1. The van der Waals surface area contributed by atoms with E-state index in [2.05, 4.69) is 22.5 Å². The van der Waals surface area contributed by atoms with Crippen LogP contribution < -0.4 is 10.6 Å². The monoisotopic (exact) mass is 287 g/mol. The third-order valence-electron chi connectivity index (χ3n) is 3.47. The molecule has 1 unspecified atom stereocenters. The van der Waals surface area contributed by atoms with Crippen molar-refractivity contribution in [3.05, 3.63) is 17.3 Å². The predicted molar refractivity (Wildman–Crippen MR) is 75.8 cm³/mol. The lowest BCUT2D eigenvalue weighted by molar-refractivity contribution is 0.0894. The summed E-state index contributed by atoms with van der Waals surface area (Å²) < 4.78 is 5.31. The smallest absolute Gasteiger partial charge is 0.289 e. The number of oxazole rings is 1. The van der Waals surface area contributed by atoms with Gasteiger partial charge in [0.05, 0.1) is 5.69 Å². The number of halogens is 1. The van der Waals surface area contributed by atoms with Crippen molar-refractivity contribution in [2.75, 3.05) is 19.6 Å². The molecule has 0 bridgehead atoms. The molecule has 0 saturated carbocycles.